The Kier molecular flexibility index (Phi) is 5.62. The number of pyridine rings is 1. The van der Waals surface area contributed by atoms with Gasteiger partial charge in [0, 0.05) is 37.3 Å². The fourth-order valence-electron chi connectivity index (χ4n) is 2.88. The van der Waals surface area contributed by atoms with E-state index >= 15 is 0 Å². The zero-order valence-corrected chi connectivity index (χ0v) is 15.4. The van der Waals surface area contributed by atoms with Gasteiger partial charge in [-0.3, -0.25) is 15.0 Å². The van der Waals surface area contributed by atoms with Crippen LogP contribution in [0.3, 0.4) is 0 Å². The second-order valence-electron chi connectivity index (χ2n) is 6.14. The van der Waals surface area contributed by atoms with Crippen molar-refractivity contribution in [3.63, 3.8) is 0 Å². The van der Waals surface area contributed by atoms with Crippen LogP contribution in [-0.2, 0) is 11.3 Å². The van der Waals surface area contributed by atoms with Crippen molar-refractivity contribution >= 4 is 22.4 Å². The maximum Gasteiger partial charge on any atom is 0.259 e. The zero-order chi connectivity index (χ0) is 17.8. The largest absolute Gasteiger partial charge is 0.481 e. The second kappa shape index (κ2) is 7.90. The molecule has 1 saturated heterocycles. The minimum Gasteiger partial charge on any atom is -0.481 e. The normalized spacial score (nSPS) is 21.1. The molecule has 1 aliphatic rings. The van der Waals surface area contributed by atoms with Crippen LogP contribution in [-0.4, -0.2) is 53.2 Å². The molecule has 0 aliphatic carbocycles. The van der Waals surface area contributed by atoms with Crippen molar-refractivity contribution in [2.24, 2.45) is 0 Å². The maximum atomic E-state index is 12.2. The first kappa shape index (κ1) is 17.8. The molecule has 134 valence electrons. The third-order valence-corrected chi connectivity index (χ3v) is 4.67. The van der Waals surface area contributed by atoms with Crippen molar-refractivity contribution in [3.8, 4) is 5.88 Å². The van der Waals surface area contributed by atoms with Crippen molar-refractivity contribution in [3.05, 3.63) is 35.0 Å². The van der Waals surface area contributed by atoms with E-state index in [1.807, 2.05) is 5.38 Å². The predicted molar refractivity (Wildman–Crippen MR) is 96.1 cm³/mol. The summed E-state index contributed by atoms with van der Waals surface area (Å²) in [5.74, 6) is 0.242. The number of carbonyl (C=O) groups is 1. The van der Waals surface area contributed by atoms with Crippen LogP contribution in [0.4, 0.5) is 5.13 Å². The molecule has 0 saturated carbocycles. The van der Waals surface area contributed by atoms with Crippen LogP contribution in [0.2, 0.25) is 0 Å². The van der Waals surface area contributed by atoms with Crippen molar-refractivity contribution in [1.29, 1.82) is 0 Å². The van der Waals surface area contributed by atoms with Gasteiger partial charge >= 0.3 is 0 Å². The average molecular weight is 362 g/mol. The van der Waals surface area contributed by atoms with Gasteiger partial charge in [-0.2, -0.15) is 0 Å². The molecule has 7 nitrogen and oxygen atoms in total. The number of anilines is 1. The Morgan fingerprint density at radius 2 is 2.16 bits per heavy atom. The van der Waals surface area contributed by atoms with Gasteiger partial charge in [-0.1, -0.05) is 0 Å². The summed E-state index contributed by atoms with van der Waals surface area (Å²) in [5.41, 5.74) is 1.42. The van der Waals surface area contributed by atoms with E-state index in [2.05, 4.69) is 34.0 Å². The summed E-state index contributed by atoms with van der Waals surface area (Å²) < 4.78 is 10.7. The highest BCUT2D eigenvalue weighted by Gasteiger charge is 2.22. The van der Waals surface area contributed by atoms with E-state index in [0.717, 1.165) is 25.3 Å². The zero-order valence-electron chi connectivity index (χ0n) is 14.6. The summed E-state index contributed by atoms with van der Waals surface area (Å²) in [6, 6.07) is 3.33. The number of aromatic nitrogens is 2. The first-order valence-electron chi connectivity index (χ1n) is 8.17. The number of nitrogens with one attached hydrogen (secondary N) is 1. The Bertz CT molecular complexity index is 709. The minimum atomic E-state index is -0.232. The number of hydrogen-bond donors (Lipinski definition) is 1. The number of nitrogens with zero attached hydrogens (tertiary/aromatic N) is 3. The van der Waals surface area contributed by atoms with Gasteiger partial charge in [0.05, 0.1) is 30.6 Å². The lowest BCUT2D eigenvalue weighted by Crippen LogP contribution is -2.44. The Morgan fingerprint density at radius 3 is 2.80 bits per heavy atom. The number of thiazole rings is 1. The van der Waals surface area contributed by atoms with Gasteiger partial charge in [0.15, 0.2) is 5.13 Å². The van der Waals surface area contributed by atoms with Crippen LogP contribution >= 0.6 is 11.3 Å². The first-order valence-corrected chi connectivity index (χ1v) is 9.05. The molecular weight excluding hydrogens is 340 g/mol. The molecule has 0 spiro atoms. The molecule has 1 N–H and O–H groups in total. The Morgan fingerprint density at radius 1 is 1.40 bits per heavy atom. The van der Waals surface area contributed by atoms with Gasteiger partial charge in [-0.05, 0) is 19.9 Å². The highest BCUT2D eigenvalue weighted by atomic mass is 32.1. The molecule has 1 aliphatic heterocycles. The van der Waals surface area contributed by atoms with Gasteiger partial charge in [0.2, 0.25) is 5.88 Å². The molecule has 0 bridgehead atoms. The van der Waals surface area contributed by atoms with Gasteiger partial charge in [0.1, 0.15) is 0 Å². The molecule has 2 atom stereocenters. The SMILES string of the molecule is COc1ccc(C(=O)Nc2nc(CN3CC(C)OC(C)C3)cs2)cn1. The molecule has 0 radical (unpaired) electrons. The number of morpholine rings is 1. The monoisotopic (exact) mass is 362 g/mol. The molecule has 25 heavy (non-hydrogen) atoms. The third-order valence-electron chi connectivity index (χ3n) is 3.86. The van der Waals surface area contributed by atoms with Crippen LogP contribution in [0.5, 0.6) is 5.88 Å². The Labute approximate surface area is 151 Å². The predicted octanol–water partition coefficient (Wildman–Crippen LogP) is 2.41. The summed E-state index contributed by atoms with van der Waals surface area (Å²) >= 11 is 1.42. The highest BCUT2D eigenvalue weighted by molar-refractivity contribution is 7.13. The molecule has 1 fully saturated rings. The first-order chi connectivity index (χ1) is 12.0. The van der Waals surface area contributed by atoms with Crippen LogP contribution in [0, 0.1) is 0 Å². The van der Waals surface area contributed by atoms with E-state index in [9.17, 15) is 4.79 Å². The number of carbonyl (C=O) groups excluding carboxylic acids is 1. The molecular formula is C17H22N4O3S. The standard InChI is InChI=1S/C17H22N4O3S/c1-11-7-21(8-12(2)24-11)9-14-10-25-17(19-14)20-16(22)13-4-5-15(23-3)18-6-13/h4-6,10-12H,7-9H2,1-3H3,(H,19,20,22). The molecule has 3 rings (SSSR count). The number of amides is 1. The Balaban J connectivity index is 1.58. The van der Waals surface area contributed by atoms with E-state index in [-0.39, 0.29) is 18.1 Å². The smallest absolute Gasteiger partial charge is 0.259 e. The number of methoxy groups -OCH3 is 1. The van der Waals surface area contributed by atoms with Crippen LogP contribution in [0.15, 0.2) is 23.7 Å². The van der Waals surface area contributed by atoms with E-state index in [1.165, 1.54) is 24.6 Å². The lowest BCUT2D eigenvalue weighted by Gasteiger charge is -2.34. The van der Waals surface area contributed by atoms with Crippen LogP contribution in [0.1, 0.15) is 29.9 Å². The number of hydrogen-bond acceptors (Lipinski definition) is 7. The minimum absolute atomic E-state index is 0.226. The summed E-state index contributed by atoms with van der Waals surface area (Å²) in [6.07, 6.45) is 1.94. The topological polar surface area (TPSA) is 76.6 Å². The maximum absolute atomic E-state index is 12.2. The van der Waals surface area contributed by atoms with Crippen molar-refractivity contribution < 1.29 is 14.3 Å². The lowest BCUT2D eigenvalue weighted by molar-refractivity contribution is -0.0707. The Hall–Kier alpha value is -2.03. The van der Waals surface area contributed by atoms with Crippen molar-refractivity contribution in [2.75, 3.05) is 25.5 Å². The van der Waals surface area contributed by atoms with E-state index in [0.29, 0.717) is 16.6 Å². The van der Waals surface area contributed by atoms with Crippen molar-refractivity contribution in [1.82, 2.24) is 14.9 Å². The molecule has 2 aromatic rings. The van der Waals surface area contributed by atoms with Gasteiger partial charge < -0.3 is 9.47 Å². The number of rotatable bonds is 5. The molecule has 2 aromatic heterocycles. The fourth-order valence-corrected chi connectivity index (χ4v) is 3.58. The highest BCUT2D eigenvalue weighted by Crippen LogP contribution is 2.20. The second-order valence-corrected chi connectivity index (χ2v) is 7.00. The van der Waals surface area contributed by atoms with E-state index in [4.69, 9.17) is 9.47 Å². The van der Waals surface area contributed by atoms with Crippen molar-refractivity contribution in [2.45, 2.75) is 32.6 Å². The quantitative estimate of drug-likeness (QED) is 0.880. The summed E-state index contributed by atoms with van der Waals surface area (Å²) in [6.45, 7) is 6.70. The molecule has 3 heterocycles. The van der Waals surface area contributed by atoms with Gasteiger partial charge in [-0.15, -0.1) is 11.3 Å². The summed E-state index contributed by atoms with van der Waals surface area (Å²) in [4.78, 5) is 23.1. The molecule has 0 aromatic carbocycles. The molecule has 1 amide bonds. The third kappa shape index (κ3) is 4.75. The summed E-state index contributed by atoms with van der Waals surface area (Å²) in [7, 11) is 1.54. The fraction of sp³-hybridized carbons (Fsp3) is 0.471. The van der Waals surface area contributed by atoms with E-state index in [1.54, 1.807) is 12.1 Å². The van der Waals surface area contributed by atoms with Crippen LogP contribution < -0.4 is 10.1 Å². The molecule has 2 unspecified atom stereocenters. The number of ether oxygens (including phenoxy) is 2. The summed E-state index contributed by atoms with van der Waals surface area (Å²) in [5, 5.41) is 5.38. The van der Waals surface area contributed by atoms with E-state index < -0.39 is 0 Å². The molecule has 8 heteroatoms. The van der Waals surface area contributed by atoms with Gasteiger partial charge in [0.25, 0.3) is 5.91 Å². The average Bonchev–Trinajstić information content (AvgIpc) is 3.00. The van der Waals surface area contributed by atoms with Crippen LogP contribution in [0.25, 0.3) is 0 Å². The lowest BCUT2D eigenvalue weighted by atomic mass is 10.2. The van der Waals surface area contributed by atoms with Gasteiger partial charge in [-0.25, -0.2) is 9.97 Å².